The molecule has 0 aliphatic carbocycles. The highest BCUT2D eigenvalue weighted by Crippen LogP contribution is 2.26. The third-order valence-corrected chi connectivity index (χ3v) is 5.52. The van der Waals surface area contributed by atoms with E-state index in [2.05, 4.69) is 36.7 Å². The molecule has 31 heavy (non-hydrogen) atoms. The standard InChI is InChI=1S/C26H27N3O2/c1-26(2,3)20-12-10-18(11-13-20)24(30)28-21-6-4-5-7-22(21)29-25(31)19-9-8-17-14-15-27-23(17)16-19/h4-13,16,27H,14-15H2,1-3H3,(H,28,30)(H,29,31). The first-order valence-corrected chi connectivity index (χ1v) is 10.5. The van der Waals surface area contributed by atoms with Crippen molar-refractivity contribution in [3.63, 3.8) is 0 Å². The summed E-state index contributed by atoms with van der Waals surface area (Å²) in [6.07, 6.45) is 0.975. The molecule has 3 aromatic carbocycles. The van der Waals surface area contributed by atoms with Gasteiger partial charge in [-0.2, -0.15) is 0 Å². The van der Waals surface area contributed by atoms with Gasteiger partial charge in [-0.25, -0.2) is 0 Å². The van der Waals surface area contributed by atoms with Crippen LogP contribution in [0.5, 0.6) is 0 Å². The van der Waals surface area contributed by atoms with Crippen molar-refractivity contribution in [2.24, 2.45) is 0 Å². The van der Waals surface area contributed by atoms with Crippen LogP contribution in [0.4, 0.5) is 17.1 Å². The van der Waals surface area contributed by atoms with Crippen LogP contribution in [0, 0.1) is 0 Å². The Morgan fingerprint density at radius 3 is 2.00 bits per heavy atom. The molecule has 0 radical (unpaired) electrons. The van der Waals surface area contributed by atoms with Crippen LogP contribution in [0.3, 0.4) is 0 Å². The second-order valence-electron chi connectivity index (χ2n) is 8.83. The lowest BCUT2D eigenvalue weighted by Gasteiger charge is -2.19. The van der Waals surface area contributed by atoms with Gasteiger partial charge in [-0.15, -0.1) is 0 Å². The van der Waals surface area contributed by atoms with Gasteiger partial charge in [0.1, 0.15) is 0 Å². The normalized spacial score (nSPS) is 12.6. The van der Waals surface area contributed by atoms with E-state index in [1.54, 1.807) is 12.1 Å². The van der Waals surface area contributed by atoms with Crippen molar-refractivity contribution >= 4 is 28.9 Å². The van der Waals surface area contributed by atoms with Crippen LogP contribution in [0.2, 0.25) is 0 Å². The third kappa shape index (κ3) is 4.61. The molecule has 158 valence electrons. The number of anilines is 3. The van der Waals surface area contributed by atoms with Crippen LogP contribution in [0.15, 0.2) is 66.7 Å². The largest absolute Gasteiger partial charge is 0.384 e. The van der Waals surface area contributed by atoms with E-state index in [9.17, 15) is 9.59 Å². The predicted molar refractivity (Wildman–Crippen MR) is 126 cm³/mol. The second-order valence-corrected chi connectivity index (χ2v) is 8.83. The lowest BCUT2D eigenvalue weighted by atomic mass is 9.87. The minimum Gasteiger partial charge on any atom is -0.384 e. The highest BCUT2D eigenvalue weighted by molar-refractivity contribution is 6.10. The molecule has 0 atom stereocenters. The van der Waals surface area contributed by atoms with E-state index >= 15 is 0 Å². The molecule has 0 saturated heterocycles. The van der Waals surface area contributed by atoms with Gasteiger partial charge >= 0.3 is 0 Å². The number of benzene rings is 3. The van der Waals surface area contributed by atoms with Crippen molar-refractivity contribution in [3.05, 3.63) is 89.0 Å². The molecule has 3 aromatic rings. The smallest absolute Gasteiger partial charge is 0.255 e. The van der Waals surface area contributed by atoms with Gasteiger partial charge in [0.25, 0.3) is 11.8 Å². The molecule has 0 bridgehead atoms. The SMILES string of the molecule is CC(C)(C)c1ccc(C(=O)Nc2ccccc2NC(=O)c2ccc3c(c2)NCC3)cc1. The molecule has 4 rings (SSSR count). The van der Waals surface area contributed by atoms with Crippen molar-refractivity contribution in [1.29, 1.82) is 0 Å². The second kappa shape index (κ2) is 8.26. The van der Waals surface area contributed by atoms with Crippen molar-refractivity contribution < 1.29 is 9.59 Å². The van der Waals surface area contributed by atoms with E-state index in [1.165, 1.54) is 11.1 Å². The zero-order valence-electron chi connectivity index (χ0n) is 18.1. The molecule has 0 spiro atoms. The quantitative estimate of drug-likeness (QED) is 0.532. The number of para-hydroxylation sites is 2. The fraction of sp³-hybridized carbons (Fsp3) is 0.231. The molecule has 0 saturated carbocycles. The lowest BCUT2D eigenvalue weighted by Crippen LogP contribution is -2.17. The molecule has 2 amide bonds. The van der Waals surface area contributed by atoms with E-state index < -0.39 is 0 Å². The first kappa shape index (κ1) is 20.7. The predicted octanol–water partition coefficient (Wildman–Crippen LogP) is 5.46. The average molecular weight is 414 g/mol. The summed E-state index contributed by atoms with van der Waals surface area (Å²) >= 11 is 0. The summed E-state index contributed by atoms with van der Waals surface area (Å²) in [5.41, 5.74) is 5.68. The molecular formula is C26H27N3O2. The van der Waals surface area contributed by atoms with Crippen LogP contribution in [0.25, 0.3) is 0 Å². The molecule has 3 N–H and O–H groups in total. The monoisotopic (exact) mass is 413 g/mol. The zero-order chi connectivity index (χ0) is 22.0. The maximum absolute atomic E-state index is 12.8. The number of amides is 2. The summed E-state index contributed by atoms with van der Waals surface area (Å²) in [6, 6.07) is 20.5. The Morgan fingerprint density at radius 2 is 1.39 bits per heavy atom. The van der Waals surface area contributed by atoms with Crippen molar-refractivity contribution in [2.75, 3.05) is 22.5 Å². The van der Waals surface area contributed by atoms with Crippen LogP contribution in [-0.2, 0) is 11.8 Å². The highest BCUT2D eigenvalue weighted by Gasteiger charge is 2.17. The lowest BCUT2D eigenvalue weighted by molar-refractivity contribution is 0.101. The van der Waals surface area contributed by atoms with E-state index in [0.29, 0.717) is 22.5 Å². The molecule has 1 heterocycles. The molecule has 1 aliphatic heterocycles. The Bertz CT molecular complexity index is 1130. The summed E-state index contributed by atoms with van der Waals surface area (Å²) in [7, 11) is 0. The molecular weight excluding hydrogens is 386 g/mol. The van der Waals surface area contributed by atoms with Crippen molar-refractivity contribution in [2.45, 2.75) is 32.6 Å². The van der Waals surface area contributed by atoms with Crippen molar-refractivity contribution in [1.82, 2.24) is 0 Å². The van der Waals surface area contributed by atoms with Gasteiger partial charge in [-0.3, -0.25) is 9.59 Å². The topological polar surface area (TPSA) is 70.2 Å². The van der Waals surface area contributed by atoms with Gasteiger partial charge < -0.3 is 16.0 Å². The Labute approximate surface area is 182 Å². The van der Waals surface area contributed by atoms with Gasteiger partial charge in [0.15, 0.2) is 0 Å². The average Bonchev–Trinajstić information content (AvgIpc) is 3.22. The molecule has 0 unspecified atom stereocenters. The van der Waals surface area contributed by atoms with Crippen LogP contribution < -0.4 is 16.0 Å². The molecule has 1 aliphatic rings. The number of fused-ring (bicyclic) bond motifs is 1. The van der Waals surface area contributed by atoms with Gasteiger partial charge in [0.2, 0.25) is 0 Å². The third-order valence-electron chi connectivity index (χ3n) is 5.52. The minimum atomic E-state index is -0.219. The maximum Gasteiger partial charge on any atom is 0.255 e. The van der Waals surface area contributed by atoms with Gasteiger partial charge in [-0.05, 0) is 59.4 Å². The number of hydrogen-bond donors (Lipinski definition) is 3. The Balaban J connectivity index is 1.49. The Kier molecular flexibility index (Phi) is 5.51. The highest BCUT2D eigenvalue weighted by atomic mass is 16.2. The maximum atomic E-state index is 12.8. The van der Waals surface area contributed by atoms with Gasteiger partial charge in [0, 0.05) is 23.4 Å². The first-order chi connectivity index (χ1) is 14.8. The first-order valence-electron chi connectivity index (χ1n) is 10.5. The van der Waals surface area contributed by atoms with E-state index in [-0.39, 0.29) is 17.2 Å². The number of nitrogens with one attached hydrogen (secondary N) is 3. The van der Waals surface area contributed by atoms with Gasteiger partial charge in [-0.1, -0.05) is 51.1 Å². The molecule has 5 heteroatoms. The number of hydrogen-bond acceptors (Lipinski definition) is 3. The molecule has 0 fully saturated rings. The zero-order valence-corrected chi connectivity index (χ0v) is 18.1. The van der Waals surface area contributed by atoms with Gasteiger partial charge in [0.05, 0.1) is 11.4 Å². The van der Waals surface area contributed by atoms with Crippen LogP contribution in [-0.4, -0.2) is 18.4 Å². The Morgan fingerprint density at radius 1 is 0.806 bits per heavy atom. The summed E-state index contributed by atoms with van der Waals surface area (Å²) in [5.74, 6) is -0.434. The summed E-state index contributed by atoms with van der Waals surface area (Å²) in [6.45, 7) is 7.31. The number of rotatable bonds is 4. The fourth-order valence-electron chi connectivity index (χ4n) is 3.64. The summed E-state index contributed by atoms with van der Waals surface area (Å²) < 4.78 is 0. The number of carbonyl (C=O) groups is 2. The minimum absolute atomic E-state index is 0.0268. The van der Waals surface area contributed by atoms with E-state index in [0.717, 1.165) is 18.7 Å². The Hall–Kier alpha value is -3.60. The van der Waals surface area contributed by atoms with E-state index in [4.69, 9.17) is 0 Å². The van der Waals surface area contributed by atoms with Crippen molar-refractivity contribution in [3.8, 4) is 0 Å². The molecule has 0 aromatic heterocycles. The summed E-state index contributed by atoms with van der Waals surface area (Å²) in [5, 5.41) is 9.13. The number of carbonyl (C=O) groups excluding carboxylic acids is 2. The van der Waals surface area contributed by atoms with E-state index in [1.807, 2.05) is 54.6 Å². The fourth-order valence-corrected chi connectivity index (χ4v) is 3.64. The van der Waals surface area contributed by atoms with Crippen LogP contribution in [0.1, 0.15) is 52.6 Å². The molecule has 5 nitrogen and oxygen atoms in total. The summed E-state index contributed by atoms with van der Waals surface area (Å²) in [4.78, 5) is 25.6. The van der Waals surface area contributed by atoms with Crippen LogP contribution >= 0.6 is 0 Å².